The number of hydrogen-bond acceptors (Lipinski definition) is 4. The molecule has 4 nitrogen and oxygen atoms in total. The minimum absolute atomic E-state index is 0.443. The topological polar surface area (TPSA) is 40.6 Å². The summed E-state index contributed by atoms with van der Waals surface area (Å²) < 4.78 is 16.9. The van der Waals surface area contributed by atoms with Crippen LogP contribution in [0.5, 0.6) is 11.5 Å². The molecule has 5 heteroatoms. The molecule has 0 saturated carbocycles. The predicted octanol–water partition coefficient (Wildman–Crippen LogP) is 4.67. The van der Waals surface area contributed by atoms with Crippen LogP contribution < -0.4 is 9.47 Å². The fourth-order valence-corrected chi connectivity index (χ4v) is 2.73. The Bertz CT molecular complexity index is 833. The number of rotatable bonds is 8. The maximum absolute atomic E-state index is 6.12. The highest BCUT2D eigenvalue weighted by atomic mass is 35.5. The predicted molar refractivity (Wildman–Crippen MR) is 99.7 cm³/mol. The third kappa shape index (κ3) is 4.84. The number of halogens is 1. The van der Waals surface area contributed by atoms with Gasteiger partial charge in [0.05, 0.1) is 18.2 Å². The van der Waals surface area contributed by atoms with Crippen molar-refractivity contribution in [3.8, 4) is 11.5 Å². The molecule has 0 radical (unpaired) electrons. The molecular formula is C20H20ClNO3. The molecule has 1 aromatic heterocycles. The maximum Gasteiger partial charge on any atom is 0.145 e. The third-order valence-corrected chi connectivity index (χ3v) is 3.95. The van der Waals surface area contributed by atoms with Crippen molar-refractivity contribution < 1.29 is 14.2 Å². The molecule has 3 rings (SSSR count). The van der Waals surface area contributed by atoms with Gasteiger partial charge in [0.2, 0.25) is 0 Å². The summed E-state index contributed by atoms with van der Waals surface area (Å²) in [5.74, 6) is 1.44. The number of benzene rings is 2. The molecule has 0 atom stereocenters. The lowest BCUT2D eigenvalue weighted by molar-refractivity contribution is 0.0767. The summed E-state index contributed by atoms with van der Waals surface area (Å²) in [5.41, 5.74) is 1.97. The molecule has 0 unspecified atom stereocenters. The Hall–Kier alpha value is -2.30. The average Bonchev–Trinajstić information content (AvgIpc) is 2.62. The van der Waals surface area contributed by atoms with Gasteiger partial charge in [-0.05, 0) is 36.8 Å². The van der Waals surface area contributed by atoms with Gasteiger partial charge in [-0.15, -0.1) is 0 Å². The highest BCUT2D eigenvalue weighted by Crippen LogP contribution is 2.25. The van der Waals surface area contributed by atoms with E-state index in [9.17, 15) is 0 Å². The van der Waals surface area contributed by atoms with Gasteiger partial charge in [0.25, 0.3) is 0 Å². The van der Waals surface area contributed by atoms with Crippen LogP contribution in [0, 0.1) is 6.92 Å². The quantitative estimate of drug-likeness (QED) is 0.549. The maximum atomic E-state index is 6.12. The summed E-state index contributed by atoms with van der Waals surface area (Å²) in [5, 5.41) is 1.68. The van der Waals surface area contributed by atoms with E-state index in [1.54, 1.807) is 6.20 Å². The number of nitrogens with zero attached hydrogens (tertiary/aromatic N) is 1. The van der Waals surface area contributed by atoms with Crippen LogP contribution in [0.1, 0.15) is 5.56 Å². The van der Waals surface area contributed by atoms with Crippen LogP contribution in [-0.2, 0) is 4.74 Å². The molecule has 0 amide bonds. The normalized spacial score (nSPS) is 10.8. The molecule has 130 valence electrons. The van der Waals surface area contributed by atoms with E-state index in [1.165, 1.54) is 0 Å². The standard InChI is InChI=1S/C20H20ClNO3/c1-15-7-8-18(17(21)14-15)24-12-10-23-11-13-25-19-6-2-4-16-5-3-9-22-20(16)19/h2-9,14H,10-13H2,1H3. The molecule has 1 heterocycles. The van der Waals surface area contributed by atoms with Gasteiger partial charge in [-0.2, -0.15) is 0 Å². The summed E-state index contributed by atoms with van der Waals surface area (Å²) in [6.45, 7) is 3.85. The number of para-hydroxylation sites is 1. The zero-order valence-electron chi connectivity index (χ0n) is 14.1. The number of aryl methyl sites for hydroxylation is 1. The van der Waals surface area contributed by atoms with Gasteiger partial charge in [-0.25, -0.2) is 0 Å². The van der Waals surface area contributed by atoms with E-state index in [-0.39, 0.29) is 0 Å². The van der Waals surface area contributed by atoms with E-state index in [1.807, 2.05) is 55.5 Å². The molecule has 25 heavy (non-hydrogen) atoms. The number of fused-ring (bicyclic) bond motifs is 1. The highest BCUT2D eigenvalue weighted by molar-refractivity contribution is 6.32. The minimum atomic E-state index is 0.443. The van der Waals surface area contributed by atoms with Gasteiger partial charge in [0, 0.05) is 11.6 Å². The van der Waals surface area contributed by atoms with Crippen LogP contribution in [0.4, 0.5) is 0 Å². The Morgan fingerprint density at radius 1 is 0.880 bits per heavy atom. The van der Waals surface area contributed by atoms with Crippen molar-refractivity contribution in [2.24, 2.45) is 0 Å². The van der Waals surface area contributed by atoms with E-state index in [2.05, 4.69) is 4.98 Å². The Morgan fingerprint density at radius 2 is 1.64 bits per heavy atom. The second-order valence-electron chi connectivity index (χ2n) is 5.57. The van der Waals surface area contributed by atoms with E-state index in [4.69, 9.17) is 25.8 Å². The van der Waals surface area contributed by atoms with Crippen molar-refractivity contribution in [2.45, 2.75) is 6.92 Å². The molecule has 0 fully saturated rings. The fraction of sp³-hybridized carbons (Fsp3) is 0.250. The first-order valence-corrected chi connectivity index (χ1v) is 8.55. The molecule has 0 aliphatic heterocycles. The Balaban J connectivity index is 1.37. The summed E-state index contributed by atoms with van der Waals surface area (Å²) in [7, 11) is 0. The van der Waals surface area contributed by atoms with Gasteiger partial charge >= 0.3 is 0 Å². The van der Waals surface area contributed by atoms with Crippen LogP contribution in [0.25, 0.3) is 10.9 Å². The first-order valence-electron chi connectivity index (χ1n) is 8.17. The van der Waals surface area contributed by atoms with Crippen LogP contribution in [-0.4, -0.2) is 31.4 Å². The molecule has 2 aromatic carbocycles. The molecule has 0 aliphatic rings. The molecule has 3 aromatic rings. The lowest BCUT2D eigenvalue weighted by Gasteiger charge is -2.10. The Kier molecular flexibility index (Phi) is 6.09. The van der Waals surface area contributed by atoms with E-state index >= 15 is 0 Å². The zero-order chi connectivity index (χ0) is 17.5. The smallest absolute Gasteiger partial charge is 0.145 e. The average molecular weight is 358 g/mol. The van der Waals surface area contributed by atoms with Crippen LogP contribution >= 0.6 is 11.6 Å². The van der Waals surface area contributed by atoms with Gasteiger partial charge in [-0.3, -0.25) is 4.98 Å². The Morgan fingerprint density at radius 3 is 2.44 bits per heavy atom. The minimum Gasteiger partial charge on any atom is -0.490 e. The first-order chi connectivity index (χ1) is 12.2. The molecule has 0 saturated heterocycles. The van der Waals surface area contributed by atoms with E-state index in [0.29, 0.717) is 37.2 Å². The molecular weight excluding hydrogens is 338 g/mol. The SMILES string of the molecule is Cc1ccc(OCCOCCOc2cccc3cccnc23)c(Cl)c1. The van der Waals surface area contributed by atoms with Gasteiger partial charge < -0.3 is 14.2 Å². The molecule has 0 spiro atoms. The lowest BCUT2D eigenvalue weighted by atomic mass is 10.2. The second kappa shape index (κ2) is 8.70. The summed E-state index contributed by atoms with van der Waals surface area (Å²) in [6.07, 6.45) is 1.76. The zero-order valence-corrected chi connectivity index (χ0v) is 14.8. The Labute approximate surface area is 152 Å². The van der Waals surface area contributed by atoms with Crippen LogP contribution in [0.15, 0.2) is 54.7 Å². The molecule has 0 aliphatic carbocycles. The molecule has 0 N–H and O–H groups in total. The van der Waals surface area contributed by atoms with Crippen LogP contribution in [0.3, 0.4) is 0 Å². The monoisotopic (exact) mass is 357 g/mol. The number of ether oxygens (including phenoxy) is 3. The van der Waals surface area contributed by atoms with Crippen molar-refractivity contribution in [3.63, 3.8) is 0 Å². The van der Waals surface area contributed by atoms with E-state index in [0.717, 1.165) is 22.2 Å². The van der Waals surface area contributed by atoms with Crippen molar-refractivity contribution in [3.05, 3.63) is 65.3 Å². The first kappa shape index (κ1) is 17.5. The number of aromatic nitrogens is 1. The highest BCUT2D eigenvalue weighted by Gasteiger charge is 2.03. The number of pyridine rings is 1. The van der Waals surface area contributed by atoms with Crippen molar-refractivity contribution >= 4 is 22.5 Å². The van der Waals surface area contributed by atoms with Crippen molar-refractivity contribution in [1.82, 2.24) is 4.98 Å². The number of hydrogen-bond donors (Lipinski definition) is 0. The molecule has 0 bridgehead atoms. The largest absolute Gasteiger partial charge is 0.490 e. The fourth-order valence-electron chi connectivity index (χ4n) is 2.44. The van der Waals surface area contributed by atoms with Crippen LogP contribution in [0.2, 0.25) is 5.02 Å². The van der Waals surface area contributed by atoms with Gasteiger partial charge in [0.1, 0.15) is 30.2 Å². The van der Waals surface area contributed by atoms with Crippen molar-refractivity contribution in [2.75, 3.05) is 26.4 Å². The van der Waals surface area contributed by atoms with Gasteiger partial charge in [0.15, 0.2) is 0 Å². The summed E-state index contributed by atoms with van der Waals surface area (Å²) >= 11 is 6.12. The lowest BCUT2D eigenvalue weighted by Crippen LogP contribution is -2.12. The summed E-state index contributed by atoms with van der Waals surface area (Å²) in [4.78, 5) is 4.36. The summed E-state index contributed by atoms with van der Waals surface area (Å²) in [6, 6.07) is 15.5. The van der Waals surface area contributed by atoms with E-state index < -0.39 is 0 Å². The van der Waals surface area contributed by atoms with Gasteiger partial charge in [-0.1, -0.05) is 35.9 Å². The second-order valence-corrected chi connectivity index (χ2v) is 5.98. The third-order valence-electron chi connectivity index (χ3n) is 3.65. The van der Waals surface area contributed by atoms with Crippen molar-refractivity contribution in [1.29, 1.82) is 0 Å².